The molecule has 0 aromatic carbocycles. The van der Waals surface area contributed by atoms with E-state index in [0.717, 1.165) is 25.7 Å². The van der Waals surface area contributed by atoms with Crippen LogP contribution in [0.5, 0.6) is 0 Å². The van der Waals surface area contributed by atoms with Crippen molar-refractivity contribution in [3.05, 3.63) is 0 Å². The van der Waals surface area contributed by atoms with Gasteiger partial charge in [0.15, 0.2) is 0 Å². The van der Waals surface area contributed by atoms with E-state index in [1.165, 1.54) is 0 Å². The predicted molar refractivity (Wildman–Crippen MR) is 63.4 cm³/mol. The highest BCUT2D eigenvalue weighted by Crippen LogP contribution is 2.22. The molecule has 0 aliphatic carbocycles. The van der Waals surface area contributed by atoms with E-state index in [2.05, 4.69) is 5.32 Å². The van der Waals surface area contributed by atoms with Crippen molar-refractivity contribution in [2.45, 2.75) is 50.7 Å². The lowest BCUT2D eigenvalue weighted by Crippen LogP contribution is -2.56. The normalized spacial score (nSPS) is 21.0. The number of β-amino-alcohol motifs (C(OH)–C–C–N with tert-alkyl or cyclic N) is 1. The Kier molecular flexibility index (Phi) is 5.18. The first-order valence-electron chi connectivity index (χ1n) is 6.26. The van der Waals surface area contributed by atoms with E-state index >= 15 is 0 Å². The maximum absolute atomic E-state index is 10.2. The molecule has 0 aromatic rings. The van der Waals surface area contributed by atoms with Crippen molar-refractivity contribution in [1.82, 2.24) is 5.32 Å². The fraction of sp³-hybridized carbons (Fsp3) is 1.00. The van der Waals surface area contributed by atoms with Crippen molar-refractivity contribution in [3.63, 3.8) is 0 Å². The number of nitrogens with one attached hydrogen (secondary N) is 1. The number of hydrogen-bond acceptors (Lipinski definition) is 4. The molecular formula is C12H25NO3. The van der Waals surface area contributed by atoms with Crippen LogP contribution in [0.15, 0.2) is 0 Å². The molecule has 0 bridgehead atoms. The molecule has 1 saturated heterocycles. The zero-order valence-corrected chi connectivity index (χ0v) is 10.5. The maximum Gasteiger partial charge on any atom is 0.0766 e. The standard InChI is InChI=1S/C12H25NO3/c1-3-12(15,4-2)9-13-11(10-14)5-7-16-8-6-11/h13-15H,3-10H2,1-2H3. The van der Waals surface area contributed by atoms with Crippen molar-refractivity contribution >= 4 is 0 Å². The third-order valence-electron chi connectivity index (χ3n) is 3.86. The molecule has 4 nitrogen and oxygen atoms in total. The Labute approximate surface area is 98.0 Å². The summed E-state index contributed by atoms with van der Waals surface area (Å²) in [5, 5.41) is 23.0. The minimum atomic E-state index is -0.652. The van der Waals surface area contributed by atoms with Gasteiger partial charge in [-0.1, -0.05) is 13.8 Å². The molecule has 16 heavy (non-hydrogen) atoms. The van der Waals surface area contributed by atoms with E-state index in [1.54, 1.807) is 0 Å². The van der Waals surface area contributed by atoms with Crippen LogP contribution in [0, 0.1) is 0 Å². The Morgan fingerprint density at radius 1 is 1.25 bits per heavy atom. The van der Waals surface area contributed by atoms with Gasteiger partial charge in [-0.05, 0) is 25.7 Å². The summed E-state index contributed by atoms with van der Waals surface area (Å²) < 4.78 is 5.30. The summed E-state index contributed by atoms with van der Waals surface area (Å²) >= 11 is 0. The topological polar surface area (TPSA) is 61.7 Å². The van der Waals surface area contributed by atoms with Crippen molar-refractivity contribution in [1.29, 1.82) is 0 Å². The Morgan fingerprint density at radius 2 is 1.81 bits per heavy atom. The monoisotopic (exact) mass is 231 g/mol. The van der Waals surface area contributed by atoms with Gasteiger partial charge in [0.2, 0.25) is 0 Å². The van der Waals surface area contributed by atoms with Gasteiger partial charge in [0, 0.05) is 25.3 Å². The number of ether oxygens (including phenoxy) is 1. The Balaban J connectivity index is 2.50. The molecule has 0 unspecified atom stereocenters. The third-order valence-corrected chi connectivity index (χ3v) is 3.86. The molecule has 0 atom stereocenters. The highest BCUT2D eigenvalue weighted by molar-refractivity contribution is 4.92. The fourth-order valence-electron chi connectivity index (χ4n) is 2.00. The first-order valence-corrected chi connectivity index (χ1v) is 6.26. The lowest BCUT2D eigenvalue weighted by atomic mass is 9.88. The quantitative estimate of drug-likeness (QED) is 0.629. The number of aliphatic hydroxyl groups is 2. The SMILES string of the molecule is CCC(O)(CC)CNC1(CO)CCOCC1. The van der Waals surface area contributed by atoms with E-state index in [4.69, 9.17) is 4.74 Å². The van der Waals surface area contributed by atoms with E-state index in [9.17, 15) is 10.2 Å². The van der Waals surface area contributed by atoms with Gasteiger partial charge in [0.1, 0.15) is 0 Å². The molecule has 1 rings (SSSR count). The second kappa shape index (κ2) is 5.96. The van der Waals surface area contributed by atoms with Crippen LogP contribution in [0.4, 0.5) is 0 Å². The molecule has 1 heterocycles. The van der Waals surface area contributed by atoms with Gasteiger partial charge in [-0.3, -0.25) is 0 Å². The summed E-state index contributed by atoms with van der Waals surface area (Å²) in [5.41, 5.74) is -0.906. The van der Waals surface area contributed by atoms with E-state index in [0.29, 0.717) is 19.8 Å². The van der Waals surface area contributed by atoms with Crippen LogP contribution in [0.25, 0.3) is 0 Å². The molecule has 1 aliphatic rings. The Bertz CT molecular complexity index is 198. The lowest BCUT2D eigenvalue weighted by molar-refractivity contribution is -0.0160. The number of hydrogen-bond donors (Lipinski definition) is 3. The van der Waals surface area contributed by atoms with Crippen LogP contribution >= 0.6 is 0 Å². The summed E-state index contributed by atoms with van der Waals surface area (Å²) in [6.07, 6.45) is 3.09. The zero-order chi connectivity index (χ0) is 12.1. The first-order chi connectivity index (χ1) is 7.60. The molecule has 0 spiro atoms. The van der Waals surface area contributed by atoms with Gasteiger partial charge in [-0.2, -0.15) is 0 Å². The Hall–Kier alpha value is -0.160. The first kappa shape index (κ1) is 13.9. The van der Waals surface area contributed by atoms with Gasteiger partial charge in [-0.15, -0.1) is 0 Å². The van der Waals surface area contributed by atoms with E-state index in [-0.39, 0.29) is 12.1 Å². The largest absolute Gasteiger partial charge is 0.394 e. The summed E-state index contributed by atoms with van der Waals surface area (Å²) in [6, 6.07) is 0. The fourth-order valence-corrected chi connectivity index (χ4v) is 2.00. The summed E-state index contributed by atoms with van der Waals surface area (Å²) in [6.45, 7) is 6.00. The van der Waals surface area contributed by atoms with Crippen molar-refractivity contribution < 1.29 is 14.9 Å². The highest BCUT2D eigenvalue weighted by atomic mass is 16.5. The predicted octanol–water partition coefficient (Wildman–Crippen LogP) is 0.669. The maximum atomic E-state index is 10.2. The lowest BCUT2D eigenvalue weighted by Gasteiger charge is -2.39. The van der Waals surface area contributed by atoms with Crippen LogP contribution in [0.3, 0.4) is 0 Å². The summed E-state index contributed by atoms with van der Waals surface area (Å²) in [4.78, 5) is 0. The van der Waals surface area contributed by atoms with Gasteiger partial charge in [0.05, 0.1) is 12.2 Å². The van der Waals surface area contributed by atoms with Gasteiger partial charge in [-0.25, -0.2) is 0 Å². The van der Waals surface area contributed by atoms with Crippen molar-refractivity contribution in [2.75, 3.05) is 26.4 Å². The average Bonchev–Trinajstić information content (AvgIpc) is 2.37. The smallest absolute Gasteiger partial charge is 0.0766 e. The number of aliphatic hydroxyl groups excluding tert-OH is 1. The second-order valence-electron chi connectivity index (χ2n) is 4.84. The summed E-state index contributed by atoms with van der Waals surface area (Å²) in [5.74, 6) is 0. The third kappa shape index (κ3) is 3.42. The molecule has 0 amide bonds. The molecule has 96 valence electrons. The van der Waals surface area contributed by atoms with Crippen molar-refractivity contribution in [3.8, 4) is 0 Å². The molecule has 4 heteroatoms. The van der Waals surface area contributed by atoms with Crippen LogP contribution in [-0.2, 0) is 4.74 Å². The number of rotatable bonds is 6. The van der Waals surface area contributed by atoms with Gasteiger partial charge < -0.3 is 20.3 Å². The van der Waals surface area contributed by atoms with Crippen LogP contribution in [0.1, 0.15) is 39.5 Å². The summed E-state index contributed by atoms with van der Waals surface area (Å²) in [7, 11) is 0. The van der Waals surface area contributed by atoms with Gasteiger partial charge in [0.25, 0.3) is 0 Å². The molecule has 1 aliphatic heterocycles. The Morgan fingerprint density at radius 3 is 2.25 bits per heavy atom. The van der Waals surface area contributed by atoms with Crippen LogP contribution in [-0.4, -0.2) is 47.7 Å². The minimum Gasteiger partial charge on any atom is -0.394 e. The molecule has 1 fully saturated rings. The zero-order valence-electron chi connectivity index (χ0n) is 10.5. The van der Waals surface area contributed by atoms with Crippen LogP contribution in [0.2, 0.25) is 0 Å². The second-order valence-corrected chi connectivity index (χ2v) is 4.84. The van der Waals surface area contributed by atoms with Crippen LogP contribution < -0.4 is 5.32 Å². The van der Waals surface area contributed by atoms with E-state index in [1.807, 2.05) is 13.8 Å². The molecule has 3 N–H and O–H groups in total. The highest BCUT2D eigenvalue weighted by Gasteiger charge is 2.34. The van der Waals surface area contributed by atoms with Gasteiger partial charge >= 0.3 is 0 Å². The average molecular weight is 231 g/mol. The molecule has 0 saturated carbocycles. The molecule has 0 radical (unpaired) electrons. The van der Waals surface area contributed by atoms with E-state index < -0.39 is 5.60 Å². The molecule has 0 aromatic heterocycles. The minimum absolute atomic E-state index is 0.111. The molecular weight excluding hydrogens is 206 g/mol. The van der Waals surface area contributed by atoms with Crippen molar-refractivity contribution in [2.24, 2.45) is 0 Å².